The standard InChI is InChI=1S/C9H17N7O/c10-7-13-6-5(4-17)16(12)8(11)15-3-1-2-9(6,15)14-7/h5-6,11,17H,1-4,12H2,(H3,10,13,14)/t5?,6-,9?/m0/s1. The lowest BCUT2D eigenvalue weighted by Gasteiger charge is -2.51. The maximum Gasteiger partial charge on any atom is 0.210 e. The number of hydrogen-bond donors (Lipinski definition) is 6. The number of aliphatic hydroxyl groups is 1. The van der Waals surface area contributed by atoms with Gasteiger partial charge in [0.05, 0.1) is 18.7 Å². The van der Waals surface area contributed by atoms with E-state index in [-0.39, 0.29) is 30.6 Å². The first-order valence-electron chi connectivity index (χ1n) is 5.74. The van der Waals surface area contributed by atoms with Gasteiger partial charge in [-0.2, -0.15) is 0 Å². The molecule has 3 aliphatic heterocycles. The van der Waals surface area contributed by atoms with Gasteiger partial charge in [0.2, 0.25) is 5.96 Å². The average molecular weight is 239 g/mol. The lowest BCUT2D eigenvalue weighted by atomic mass is 9.90. The van der Waals surface area contributed by atoms with Crippen molar-refractivity contribution >= 4 is 11.9 Å². The first-order chi connectivity index (χ1) is 8.10. The van der Waals surface area contributed by atoms with Gasteiger partial charge in [-0.1, -0.05) is 0 Å². The van der Waals surface area contributed by atoms with E-state index in [1.807, 2.05) is 4.90 Å². The second-order valence-electron chi connectivity index (χ2n) is 4.78. The first-order valence-corrected chi connectivity index (χ1v) is 5.74. The van der Waals surface area contributed by atoms with E-state index >= 15 is 0 Å². The summed E-state index contributed by atoms with van der Waals surface area (Å²) >= 11 is 0. The fourth-order valence-corrected chi connectivity index (χ4v) is 3.26. The summed E-state index contributed by atoms with van der Waals surface area (Å²) in [6.45, 7) is 0.615. The van der Waals surface area contributed by atoms with Crippen LogP contribution in [0.5, 0.6) is 0 Å². The minimum absolute atomic E-state index is 0.138. The van der Waals surface area contributed by atoms with Crippen LogP contribution >= 0.6 is 0 Å². The van der Waals surface area contributed by atoms with E-state index in [2.05, 4.69) is 10.6 Å². The number of aliphatic hydroxyl groups excluding tert-OH is 1. The van der Waals surface area contributed by atoms with Gasteiger partial charge < -0.3 is 20.6 Å². The predicted octanol–water partition coefficient (Wildman–Crippen LogP) is -2.24. The molecule has 3 aliphatic rings. The third kappa shape index (κ3) is 1.14. The quantitative estimate of drug-likeness (QED) is 0.287. The molecule has 94 valence electrons. The van der Waals surface area contributed by atoms with Gasteiger partial charge >= 0.3 is 0 Å². The molecule has 0 aliphatic carbocycles. The molecule has 3 heterocycles. The molecule has 0 aromatic rings. The molecule has 0 aromatic carbocycles. The molecule has 0 saturated carbocycles. The lowest BCUT2D eigenvalue weighted by Crippen LogP contribution is -2.76. The van der Waals surface area contributed by atoms with Crippen LogP contribution in [0, 0.1) is 10.8 Å². The van der Waals surface area contributed by atoms with Crippen LogP contribution in [0.2, 0.25) is 0 Å². The van der Waals surface area contributed by atoms with Crippen molar-refractivity contribution < 1.29 is 5.11 Å². The summed E-state index contributed by atoms with van der Waals surface area (Å²) < 4.78 is 0. The Morgan fingerprint density at radius 2 is 2.29 bits per heavy atom. The van der Waals surface area contributed by atoms with E-state index in [4.69, 9.17) is 16.7 Å². The molecule has 17 heavy (non-hydrogen) atoms. The van der Waals surface area contributed by atoms with E-state index in [1.54, 1.807) is 0 Å². The Labute approximate surface area is 98.7 Å². The molecule has 1 spiro atoms. The fourth-order valence-electron chi connectivity index (χ4n) is 3.26. The number of hydrogen-bond acceptors (Lipinski definition) is 4. The summed E-state index contributed by atoms with van der Waals surface area (Å²) in [5.41, 5.74) is -0.461. The van der Waals surface area contributed by atoms with Crippen molar-refractivity contribution in [2.75, 3.05) is 13.2 Å². The smallest absolute Gasteiger partial charge is 0.210 e. The molecular formula is C9H17N7O. The summed E-state index contributed by atoms with van der Waals surface area (Å²) in [7, 11) is 0. The van der Waals surface area contributed by atoms with Crippen LogP contribution in [0.4, 0.5) is 0 Å². The number of nitrogens with zero attached hydrogens (tertiary/aromatic N) is 2. The van der Waals surface area contributed by atoms with Crippen molar-refractivity contribution in [1.82, 2.24) is 20.5 Å². The fraction of sp³-hybridized carbons (Fsp3) is 0.778. The third-order valence-corrected chi connectivity index (χ3v) is 4.01. The molecule has 0 bridgehead atoms. The van der Waals surface area contributed by atoms with E-state index in [9.17, 15) is 5.11 Å². The summed E-state index contributed by atoms with van der Waals surface area (Å²) in [4.78, 5) is 1.89. The molecule has 0 radical (unpaired) electrons. The highest BCUT2D eigenvalue weighted by molar-refractivity contribution is 5.86. The summed E-state index contributed by atoms with van der Waals surface area (Å²) in [6.07, 6.45) is 1.80. The topological polar surface area (TPSA) is 124 Å². The highest BCUT2D eigenvalue weighted by Crippen LogP contribution is 2.38. The van der Waals surface area contributed by atoms with Crippen molar-refractivity contribution in [3.63, 3.8) is 0 Å². The third-order valence-electron chi connectivity index (χ3n) is 4.01. The maximum atomic E-state index is 9.45. The minimum Gasteiger partial charge on any atom is -0.394 e. The van der Waals surface area contributed by atoms with E-state index in [0.717, 1.165) is 19.4 Å². The molecule has 3 atom stereocenters. The highest BCUT2D eigenvalue weighted by Gasteiger charge is 2.60. The first kappa shape index (κ1) is 10.6. The van der Waals surface area contributed by atoms with Gasteiger partial charge in [-0.25, -0.2) is 5.84 Å². The summed E-state index contributed by atoms with van der Waals surface area (Å²) in [6, 6.07) is -0.547. The van der Waals surface area contributed by atoms with Gasteiger partial charge in [0.1, 0.15) is 5.66 Å². The Kier molecular flexibility index (Phi) is 2.02. The summed E-state index contributed by atoms with van der Waals surface area (Å²) in [5, 5.41) is 32.7. The van der Waals surface area contributed by atoms with Gasteiger partial charge in [-0.05, 0) is 12.8 Å². The van der Waals surface area contributed by atoms with Gasteiger partial charge in [-0.15, -0.1) is 0 Å². The van der Waals surface area contributed by atoms with Crippen molar-refractivity contribution in [3.8, 4) is 0 Å². The SMILES string of the molecule is N=C1N[C@H]2C(CO)N(N)C(=N)N3CCCC23N1. The normalized spacial score (nSPS) is 39.9. The number of rotatable bonds is 1. The summed E-state index contributed by atoms with van der Waals surface area (Å²) in [5.74, 6) is 6.31. The molecule has 3 saturated heterocycles. The Hall–Kier alpha value is -1.54. The van der Waals surface area contributed by atoms with Crippen molar-refractivity contribution in [1.29, 1.82) is 10.8 Å². The van der Waals surface area contributed by atoms with E-state index in [0.29, 0.717) is 0 Å². The van der Waals surface area contributed by atoms with Crippen molar-refractivity contribution in [3.05, 3.63) is 0 Å². The van der Waals surface area contributed by atoms with Crippen LogP contribution in [0.15, 0.2) is 0 Å². The van der Waals surface area contributed by atoms with Crippen LogP contribution in [-0.4, -0.2) is 57.8 Å². The number of guanidine groups is 2. The molecule has 8 heteroatoms. The number of hydrazine groups is 1. The second-order valence-corrected chi connectivity index (χ2v) is 4.78. The Morgan fingerprint density at radius 3 is 3.00 bits per heavy atom. The Bertz CT molecular complexity index is 386. The largest absolute Gasteiger partial charge is 0.394 e. The van der Waals surface area contributed by atoms with Gasteiger partial charge in [0, 0.05) is 6.54 Å². The number of nitrogens with one attached hydrogen (secondary N) is 4. The Balaban J connectivity index is 2.05. The van der Waals surface area contributed by atoms with Crippen LogP contribution in [0.1, 0.15) is 12.8 Å². The molecule has 8 nitrogen and oxygen atoms in total. The van der Waals surface area contributed by atoms with Crippen LogP contribution in [-0.2, 0) is 0 Å². The molecule has 0 amide bonds. The van der Waals surface area contributed by atoms with E-state index < -0.39 is 5.66 Å². The predicted molar refractivity (Wildman–Crippen MR) is 61.1 cm³/mol. The second kappa shape index (κ2) is 3.23. The van der Waals surface area contributed by atoms with Crippen LogP contribution in [0.3, 0.4) is 0 Å². The average Bonchev–Trinajstić information content (AvgIpc) is 2.84. The molecule has 0 aromatic heterocycles. The minimum atomic E-state index is -0.461. The zero-order valence-electron chi connectivity index (χ0n) is 9.40. The molecule has 3 fully saturated rings. The monoisotopic (exact) mass is 239 g/mol. The van der Waals surface area contributed by atoms with Gasteiger partial charge in [-0.3, -0.25) is 15.8 Å². The Morgan fingerprint density at radius 1 is 1.53 bits per heavy atom. The number of nitrogens with two attached hydrogens (primary N) is 1. The lowest BCUT2D eigenvalue weighted by molar-refractivity contribution is 0.0303. The van der Waals surface area contributed by atoms with Gasteiger partial charge in [0.25, 0.3) is 0 Å². The molecule has 7 N–H and O–H groups in total. The van der Waals surface area contributed by atoms with Crippen LogP contribution in [0.25, 0.3) is 0 Å². The van der Waals surface area contributed by atoms with Gasteiger partial charge in [0.15, 0.2) is 5.96 Å². The molecule has 2 unspecified atom stereocenters. The van der Waals surface area contributed by atoms with Crippen molar-refractivity contribution in [2.24, 2.45) is 5.84 Å². The van der Waals surface area contributed by atoms with Crippen molar-refractivity contribution in [2.45, 2.75) is 30.6 Å². The zero-order valence-corrected chi connectivity index (χ0v) is 9.40. The van der Waals surface area contributed by atoms with Crippen LogP contribution < -0.4 is 16.5 Å². The zero-order chi connectivity index (χ0) is 12.2. The maximum absolute atomic E-state index is 9.45. The molecule has 3 rings (SSSR count). The van der Waals surface area contributed by atoms with E-state index in [1.165, 1.54) is 5.01 Å². The highest BCUT2D eigenvalue weighted by atomic mass is 16.3. The molecular weight excluding hydrogens is 222 g/mol.